The molecule has 1 N–H and O–H groups in total. The highest BCUT2D eigenvalue weighted by Crippen LogP contribution is 2.24. The van der Waals surface area contributed by atoms with E-state index in [0.717, 1.165) is 25.9 Å². The molecular weight excluding hydrogens is 300 g/mol. The molecule has 2 saturated heterocycles. The number of rotatable bonds is 5. The molecule has 2 aliphatic heterocycles. The molecule has 0 aromatic carbocycles. The SMILES string of the molecule is CCN(CC1CCNCC1)S(=O)(=O)C1CCS(=O)(=O)C1. The topological polar surface area (TPSA) is 83.6 Å². The third-order valence-corrected chi connectivity index (χ3v) is 8.60. The summed E-state index contributed by atoms with van der Waals surface area (Å²) in [6.45, 7) is 4.63. The second-order valence-electron chi connectivity index (χ2n) is 5.71. The number of piperidine rings is 1. The molecule has 20 heavy (non-hydrogen) atoms. The average Bonchev–Trinajstić information content (AvgIpc) is 2.78. The zero-order valence-corrected chi connectivity index (χ0v) is 13.5. The van der Waals surface area contributed by atoms with Crippen molar-refractivity contribution in [2.45, 2.75) is 31.4 Å². The van der Waals surface area contributed by atoms with E-state index in [0.29, 0.717) is 19.0 Å². The van der Waals surface area contributed by atoms with Crippen molar-refractivity contribution in [2.24, 2.45) is 5.92 Å². The fourth-order valence-electron chi connectivity index (χ4n) is 2.97. The maximum atomic E-state index is 12.6. The van der Waals surface area contributed by atoms with Crippen LogP contribution in [0.4, 0.5) is 0 Å². The fraction of sp³-hybridized carbons (Fsp3) is 1.00. The Morgan fingerprint density at radius 2 is 1.85 bits per heavy atom. The van der Waals surface area contributed by atoms with Crippen molar-refractivity contribution >= 4 is 19.9 Å². The van der Waals surface area contributed by atoms with Crippen molar-refractivity contribution in [1.82, 2.24) is 9.62 Å². The molecule has 0 aromatic rings. The summed E-state index contributed by atoms with van der Waals surface area (Å²) in [6.07, 6.45) is 2.21. The smallest absolute Gasteiger partial charge is 0.218 e. The van der Waals surface area contributed by atoms with Crippen LogP contribution in [0, 0.1) is 5.92 Å². The van der Waals surface area contributed by atoms with Crippen molar-refractivity contribution in [3.05, 3.63) is 0 Å². The molecule has 0 radical (unpaired) electrons. The van der Waals surface area contributed by atoms with Crippen LogP contribution in [0.15, 0.2) is 0 Å². The van der Waals surface area contributed by atoms with E-state index in [1.54, 1.807) is 0 Å². The third kappa shape index (κ3) is 3.72. The molecule has 0 bridgehead atoms. The molecule has 2 aliphatic rings. The molecule has 2 heterocycles. The summed E-state index contributed by atoms with van der Waals surface area (Å²) in [6, 6.07) is 0. The van der Waals surface area contributed by atoms with Gasteiger partial charge in [0.25, 0.3) is 0 Å². The van der Waals surface area contributed by atoms with Crippen molar-refractivity contribution in [3.63, 3.8) is 0 Å². The number of hydrogen-bond donors (Lipinski definition) is 1. The van der Waals surface area contributed by atoms with Crippen molar-refractivity contribution in [3.8, 4) is 0 Å². The van der Waals surface area contributed by atoms with E-state index in [1.165, 1.54) is 4.31 Å². The van der Waals surface area contributed by atoms with Gasteiger partial charge in [-0.25, -0.2) is 21.1 Å². The van der Waals surface area contributed by atoms with Gasteiger partial charge in [-0.2, -0.15) is 0 Å². The number of sulfone groups is 1. The Kier molecular flexibility index (Phi) is 5.09. The maximum Gasteiger partial charge on any atom is 0.218 e. The number of sulfonamides is 1. The molecular formula is C12H24N2O4S2. The molecule has 6 nitrogen and oxygen atoms in total. The molecule has 118 valence electrons. The average molecular weight is 324 g/mol. The second kappa shape index (κ2) is 6.29. The molecule has 2 fully saturated rings. The van der Waals surface area contributed by atoms with Gasteiger partial charge in [-0.3, -0.25) is 0 Å². The van der Waals surface area contributed by atoms with Crippen LogP contribution in [0.2, 0.25) is 0 Å². The fourth-order valence-corrected chi connectivity index (χ4v) is 7.59. The minimum absolute atomic E-state index is 0.00179. The Labute approximate surface area is 121 Å². The van der Waals surface area contributed by atoms with Gasteiger partial charge in [0.15, 0.2) is 9.84 Å². The lowest BCUT2D eigenvalue weighted by molar-refractivity contribution is 0.292. The lowest BCUT2D eigenvalue weighted by Crippen LogP contribution is -2.43. The number of hydrogen-bond acceptors (Lipinski definition) is 5. The Morgan fingerprint density at radius 3 is 2.35 bits per heavy atom. The third-order valence-electron chi connectivity index (χ3n) is 4.25. The summed E-state index contributed by atoms with van der Waals surface area (Å²) in [5.41, 5.74) is 0. The highest BCUT2D eigenvalue weighted by molar-refractivity contribution is 7.95. The van der Waals surface area contributed by atoms with Gasteiger partial charge in [0.2, 0.25) is 10.0 Å². The largest absolute Gasteiger partial charge is 0.317 e. The first-order valence-electron chi connectivity index (χ1n) is 7.25. The maximum absolute atomic E-state index is 12.6. The van der Waals surface area contributed by atoms with Gasteiger partial charge in [0.1, 0.15) is 0 Å². The molecule has 1 unspecified atom stereocenters. The van der Waals surface area contributed by atoms with E-state index < -0.39 is 25.1 Å². The van der Waals surface area contributed by atoms with Crippen molar-refractivity contribution in [2.75, 3.05) is 37.7 Å². The minimum atomic E-state index is -3.49. The zero-order chi connectivity index (χ0) is 14.8. The normalized spacial score (nSPS) is 28.0. The van der Waals surface area contributed by atoms with E-state index in [1.807, 2.05) is 6.92 Å². The molecule has 0 saturated carbocycles. The molecule has 0 amide bonds. The molecule has 2 rings (SSSR count). The molecule has 0 spiro atoms. The molecule has 1 atom stereocenters. The molecule has 8 heteroatoms. The monoisotopic (exact) mass is 324 g/mol. The van der Waals surface area contributed by atoms with Gasteiger partial charge >= 0.3 is 0 Å². The van der Waals surface area contributed by atoms with Gasteiger partial charge in [-0.1, -0.05) is 6.92 Å². The minimum Gasteiger partial charge on any atom is -0.317 e. The van der Waals surface area contributed by atoms with Crippen LogP contribution >= 0.6 is 0 Å². The van der Waals surface area contributed by atoms with Crippen LogP contribution in [0.25, 0.3) is 0 Å². The number of nitrogens with zero attached hydrogens (tertiary/aromatic N) is 1. The van der Waals surface area contributed by atoms with Gasteiger partial charge in [-0.15, -0.1) is 0 Å². The highest BCUT2D eigenvalue weighted by Gasteiger charge is 2.40. The summed E-state index contributed by atoms with van der Waals surface area (Å²) in [7, 11) is -6.66. The van der Waals surface area contributed by atoms with Crippen LogP contribution in [0.3, 0.4) is 0 Å². The van der Waals surface area contributed by atoms with Gasteiger partial charge < -0.3 is 5.32 Å². The first-order valence-corrected chi connectivity index (χ1v) is 10.6. The van der Waals surface area contributed by atoms with Crippen LogP contribution in [0.5, 0.6) is 0 Å². The summed E-state index contributed by atoms with van der Waals surface area (Å²) in [4.78, 5) is 0. The highest BCUT2D eigenvalue weighted by atomic mass is 32.2. The lowest BCUT2D eigenvalue weighted by atomic mass is 9.98. The molecule has 0 aliphatic carbocycles. The summed E-state index contributed by atoms with van der Waals surface area (Å²) < 4.78 is 49.6. The van der Waals surface area contributed by atoms with Crippen LogP contribution in [-0.4, -0.2) is 64.1 Å². The standard InChI is InChI=1S/C12H24N2O4S2/c1-2-14(9-11-3-6-13-7-4-11)20(17,18)12-5-8-19(15,16)10-12/h11-13H,2-10H2,1H3. The van der Waals surface area contributed by atoms with E-state index >= 15 is 0 Å². The summed E-state index contributed by atoms with van der Waals surface area (Å²) in [5, 5.41) is 2.52. The summed E-state index contributed by atoms with van der Waals surface area (Å²) in [5.74, 6) is 0.170. The first kappa shape index (κ1) is 16.2. The van der Waals surface area contributed by atoms with E-state index in [-0.39, 0.29) is 17.9 Å². The predicted molar refractivity (Wildman–Crippen MR) is 78.8 cm³/mol. The van der Waals surface area contributed by atoms with Crippen LogP contribution < -0.4 is 5.32 Å². The number of nitrogens with one attached hydrogen (secondary N) is 1. The van der Waals surface area contributed by atoms with Crippen molar-refractivity contribution in [1.29, 1.82) is 0 Å². The predicted octanol–water partition coefficient (Wildman–Crippen LogP) is -0.175. The van der Waals surface area contributed by atoms with E-state index in [4.69, 9.17) is 0 Å². The van der Waals surface area contributed by atoms with Gasteiger partial charge in [-0.05, 0) is 38.3 Å². The van der Waals surface area contributed by atoms with E-state index in [2.05, 4.69) is 5.32 Å². The van der Waals surface area contributed by atoms with Crippen LogP contribution in [-0.2, 0) is 19.9 Å². The quantitative estimate of drug-likeness (QED) is 0.759. The van der Waals surface area contributed by atoms with Gasteiger partial charge in [0.05, 0.1) is 16.8 Å². The zero-order valence-electron chi connectivity index (χ0n) is 11.9. The second-order valence-corrected chi connectivity index (χ2v) is 10.2. The Morgan fingerprint density at radius 1 is 1.20 bits per heavy atom. The Bertz CT molecular complexity index is 524. The first-order chi connectivity index (χ1) is 9.35. The Balaban J connectivity index is 2.05. The van der Waals surface area contributed by atoms with E-state index in [9.17, 15) is 16.8 Å². The summed E-state index contributed by atoms with van der Waals surface area (Å²) >= 11 is 0. The van der Waals surface area contributed by atoms with Crippen LogP contribution in [0.1, 0.15) is 26.2 Å². The lowest BCUT2D eigenvalue weighted by Gasteiger charge is -2.30. The van der Waals surface area contributed by atoms with Gasteiger partial charge in [0, 0.05) is 13.1 Å². The Hall–Kier alpha value is -0.180. The molecule has 0 aromatic heterocycles. The van der Waals surface area contributed by atoms with Crippen molar-refractivity contribution < 1.29 is 16.8 Å².